The van der Waals surface area contributed by atoms with Gasteiger partial charge in [-0.3, -0.25) is 9.59 Å². The normalized spacial score (nSPS) is 17.5. The van der Waals surface area contributed by atoms with Crippen molar-refractivity contribution in [3.05, 3.63) is 83.1 Å². The summed E-state index contributed by atoms with van der Waals surface area (Å²) >= 11 is 6.53. The molecule has 1 amide bonds. The van der Waals surface area contributed by atoms with Gasteiger partial charge in [-0.05, 0) is 56.0 Å². The molecule has 2 aromatic heterocycles. The van der Waals surface area contributed by atoms with Crippen LogP contribution in [0.15, 0.2) is 67.0 Å². The summed E-state index contributed by atoms with van der Waals surface area (Å²) in [6, 6.07) is 16.6. The van der Waals surface area contributed by atoms with Gasteiger partial charge >= 0.3 is 0 Å². The van der Waals surface area contributed by atoms with Gasteiger partial charge in [0.05, 0.1) is 16.0 Å². The third kappa shape index (κ3) is 4.93. The van der Waals surface area contributed by atoms with Crippen molar-refractivity contribution in [2.45, 2.75) is 31.7 Å². The number of anilines is 1. The average molecular weight is 503 g/mol. The van der Waals surface area contributed by atoms with E-state index in [-0.39, 0.29) is 23.7 Å². The molecule has 4 aromatic rings. The van der Waals surface area contributed by atoms with Crippen LogP contribution in [0.25, 0.3) is 11.0 Å². The van der Waals surface area contributed by atoms with Crippen molar-refractivity contribution in [3.63, 3.8) is 0 Å². The zero-order valence-corrected chi connectivity index (χ0v) is 20.6. The monoisotopic (exact) mass is 502 g/mol. The fourth-order valence-corrected chi connectivity index (χ4v) is 5.05. The Morgan fingerprint density at radius 1 is 1.00 bits per heavy atom. The Labute approximate surface area is 214 Å². The summed E-state index contributed by atoms with van der Waals surface area (Å²) in [4.78, 5) is 33.1. The van der Waals surface area contributed by atoms with Crippen molar-refractivity contribution < 1.29 is 14.3 Å². The van der Waals surface area contributed by atoms with E-state index < -0.39 is 0 Å². The minimum atomic E-state index is -0.197. The molecule has 1 fully saturated rings. The molecule has 0 spiro atoms. The lowest BCUT2D eigenvalue weighted by Gasteiger charge is -2.29. The number of carbonyl (C=O) groups is 2. The highest BCUT2D eigenvalue weighted by Crippen LogP contribution is 2.34. The van der Waals surface area contributed by atoms with Gasteiger partial charge in [-0.2, -0.15) is 0 Å². The number of amides is 1. The van der Waals surface area contributed by atoms with E-state index >= 15 is 0 Å². The molecule has 0 unspecified atom stereocenters. The van der Waals surface area contributed by atoms with Crippen molar-refractivity contribution >= 4 is 40.0 Å². The standard InChI is InChI=1S/C28H27ClN4O3/c1-30-28(35)17-7-9-18(10-8-17)33-24-13-14-31-27-25(24)22(16-32-27)26(34)21-12-11-20(15-23(21)29)36-19-5-3-2-4-6-19/h2-6,11-18H,7-10H2,1H3,(H,30,35)(H2,31,32,33). The number of aromatic nitrogens is 2. The minimum Gasteiger partial charge on any atom is -0.457 e. The van der Waals surface area contributed by atoms with Gasteiger partial charge in [0.15, 0.2) is 5.78 Å². The van der Waals surface area contributed by atoms with Gasteiger partial charge in [-0.1, -0.05) is 29.8 Å². The summed E-state index contributed by atoms with van der Waals surface area (Å²) in [5.74, 6) is 1.21. The summed E-state index contributed by atoms with van der Waals surface area (Å²) in [5.41, 5.74) is 2.35. The van der Waals surface area contributed by atoms with Gasteiger partial charge in [0.25, 0.3) is 0 Å². The molecule has 7 nitrogen and oxygen atoms in total. The molecule has 1 saturated carbocycles. The predicted octanol–water partition coefficient (Wildman–Crippen LogP) is 5.96. The van der Waals surface area contributed by atoms with Crippen LogP contribution in [-0.2, 0) is 4.79 Å². The van der Waals surface area contributed by atoms with E-state index in [1.54, 1.807) is 37.6 Å². The summed E-state index contributed by atoms with van der Waals surface area (Å²) < 4.78 is 5.84. The van der Waals surface area contributed by atoms with E-state index in [4.69, 9.17) is 16.3 Å². The molecule has 1 aliphatic carbocycles. The molecule has 0 bridgehead atoms. The van der Waals surface area contributed by atoms with E-state index in [1.807, 2.05) is 36.4 Å². The number of fused-ring (bicyclic) bond motifs is 1. The number of carbonyl (C=O) groups excluding carboxylic acids is 2. The maximum atomic E-state index is 13.6. The van der Waals surface area contributed by atoms with E-state index in [1.165, 1.54) is 0 Å². The summed E-state index contributed by atoms with van der Waals surface area (Å²) in [5, 5.41) is 7.38. The van der Waals surface area contributed by atoms with Crippen molar-refractivity contribution in [2.75, 3.05) is 12.4 Å². The zero-order valence-electron chi connectivity index (χ0n) is 19.9. The fraction of sp³-hybridized carbons (Fsp3) is 0.250. The van der Waals surface area contributed by atoms with Crippen LogP contribution < -0.4 is 15.4 Å². The fourth-order valence-electron chi connectivity index (χ4n) is 4.79. The number of nitrogens with zero attached hydrogens (tertiary/aromatic N) is 1. The van der Waals surface area contributed by atoms with E-state index in [2.05, 4.69) is 20.6 Å². The Morgan fingerprint density at radius 2 is 1.78 bits per heavy atom. The van der Waals surface area contributed by atoms with Crippen molar-refractivity contribution in [3.8, 4) is 11.5 Å². The number of H-pyrrole nitrogens is 1. The first-order chi connectivity index (χ1) is 17.5. The van der Waals surface area contributed by atoms with Crippen LogP contribution in [0.5, 0.6) is 11.5 Å². The molecule has 0 radical (unpaired) electrons. The maximum Gasteiger partial charge on any atom is 0.222 e. The Hall–Kier alpha value is -3.84. The van der Waals surface area contributed by atoms with Gasteiger partial charge in [0.2, 0.25) is 5.91 Å². The average Bonchev–Trinajstić information content (AvgIpc) is 3.34. The van der Waals surface area contributed by atoms with Gasteiger partial charge < -0.3 is 20.4 Å². The number of halogens is 1. The minimum absolute atomic E-state index is 0.0610. The molecule has 1 aliphatic rings. The van der Waals surface area contributed by atoms with Gasteiger partial charge in [-0.25, -0.2) is 4.98 Å². The number of pyridine rings is 1. The first kappa shape index (κ1) is 23.9. The topological polar surface area (TPSA) is 96.1 Å². The number of hydrogen-bond acceptors (Lipinski definition) is 5. The molecule has 184 valence electrons. The molecule has 0 atom stereocenters. The number of ketones is 1. The number of ether oxygens (including phenoxy) is 1. The van der Waals surface area contributed by atoms with E-state index in [0.29, 0.717) is 33.3 Å². The second-order valence-electron chi connectivity index (χ2n) is 8.98. The van der Waals surface area contributed by atoms with Crippen LogP contribution in [0.3, 0.4) is 0 Å². The molecule has 2 aromatic carbocycles. The van der Waals surface area contributed by atoms with E-state index in [9.17, 15) is 9.59 Å². The number of aromatic amines is 1. The SMILES string of the molecule is CNC(=O)C1CCC(Nc2ccnc3[nH]cc(C(=O)c4ccc(Oc5ccccc5)cc4Cl)c23)CC1. The van der Waals surface area contributed by atoms with Crippen molar-refractivity contribution in [1.29, 1.82) is 0 Å². The van der Waals surface area contributed by atoms with Crippen LogP contribution >= 0.6 is 11.6 Å². The number of nitrogens with one attached hydrogen (secondary N) is 3. The van der Waals surface area contributed by atoms with Crippen LogP contribution in [-0.4, -0.2) is 34.7 Å². The van der Waals surface area contributed by atoms with E-state index in [0.717, 1.165) is 36.8 Å². The van der Waals surface area contributed by atoms with Gasteiger partial charge in [0, 0.05) is 48.7 Å². The number of para-hydroxylation sites is 1. The molecular weight excluding hydrogens is 476 g/mol. The Kier molecular flexibility index (Phi) is 6.91. The van der Waals surface area contributed by atoms with Gasteiger partial charge in [-0.15, -0.1) is 0 Å². The quantitative estimate of drug-likeness (QED) is 0.271. The largest absolute Gasteiger partial charge is 0.457 e. The number of benzene rings is 2. The van der Waals surface area contributed by atoms with Crippen molar-refractivity contribution in [1.82, 2.24) is 15.3 Å². The van der Waals surface area contributed by atoms with Crippen LogP contribution in [0.1, 0.15) is 41.6 Å². The van der Waals surface area contributed by atoms with Crippen LogP contribution in [0.4, 0.5) is 5.69 Å². The first-order valence-corrected chi connectivity index (χ1v) is 12.4. The Bertz CT molecular complexity index is 1390. The molecule has 0 aliphatic heterocycles. The summed E-state index contributed by atoms with van der Waals surface area (Å²) in [6.45, 7) is 0. The number of hydrogen-bond donors (Lipinski definition) is 3. The van der Waals surface area contributed by atoms with Crippen LogP contribution in [0, 0.1) is 5.92 Å². The molecule has 36 heavy (non-hydrogen) atoms. The highest BCUT2D eigenvalue weighted by atomic mass is 35.5. The summed E-state index contributed by atoms with van der Waals surface area (Å²) in [6.07, 6.45) is 6.82. The summed E-state index contributed by atoms with van der Waals surface area (Å²) in [7, 11) is 1.68. The second kappa shape index (κ2) is 10.4. The predicted molar refractivity (Wildman–Crippen MR) is 141 cm³/mol. The Balaban J connectivity index is 1.37. The lowest BCUT2D eigenvalue weighted by Crippen LogP contribution is -2.34. The smallest absolute Gasteiger partial charge is 0.222 e. The molecule has 5 rings (SSSR count). The zero-order chi connectivity index (χ0) is 25.1. The van der Waals surface area contributed by atoms with Crippen LogP contribution in [0.2, 0.25) is 5.02 Å². The molecule has 3 N–H and O–H groups in total. The lowest BCUT2D eigenvalue weighted by molar-refractivity contribution is -0.125. The molecule has 0 saturated heterocycles. The molecule has 2 heterocycles. The first-order valence-electron chi connectivity index (χ1n) is 12.0. The lowest BCUT2D eigenvalue weighted by atomic mass is 9.85. The molecule has 8 heteroatoms. The Morgan fingerprint density at radius 3 is 2.50 bits per heavy atom. The second-order valence-corrected chi connectivity index (χ2v) is 9.38. The van der Waals surface area contributed by atoms with Crippen molar-refractivity contribution in [2.24, 2.45) is 5.92 Å². The molecular formula is C28H27ClN4O3. The maximum absolute atomic E-state index is 13.6. The highest BCUT2D eigenvalue weighted by molar-refractivity contribution is 6.35. The third-order valence-corrected chi connectivity index (χ3v) is 7.00. The number of rotatable bonds is 7. The van der Waals surface area contributed by atoms with Gasteiger partial charge in [0.1, 0.15) is 17.1 Å². The third-order valence-electron chi connectivity index (χ3n) is 6.69. The highest BCUT2D eigenvalue weighted by Gasteiger charge is 2.27.